The first-order valence-corrected chi connectivity index (χ1v) is 9.90. The standard InChI is InChI=1S/C21H17N3O4S/c1-21-16(18(22)25)17(13-8-2-3-9-14(13)28-21)24-19(26)15(29-20(24)23-21)10-4-6-12-7-5-11-27-12/h2-11,16-17H,1H3,(H2,22,25)/b6-4+,15-10-/t16-,17+,21-/m1/s1. The van der Waals surface area contributed by atoms with Gasteiger partial charge >= 0.3 is 0 Å². The molecule has 2 N–H and O–H groups in total. The van der Waals surface area contributed by atoms with Gasteiger partial charge < -0.3 is 14.9 Å². The van der Waals surface area contributed by atoms with Gasteiger partial charge in [-0.3, -0.25) is 14.2 Å². The Kier molecular flexibility index (Phi) is 3.85. The third-order valence-electron chi connectivity index (χ3n) is 5.24. The maximum atomic E-state index is 13.2. The van der Waals surface area contributed by atoms with E-state index in [1.807, 2.05) is 30.3 Å². The number of rotatable bonds is 3. The average molecular weight is 407 g/mol. The van der Waals surface area contributed by atoms with Crippen molar-refractivity contribution in [1.29, 1.82) is 0 Å². The van der Waals surface area contributed by atoms with Crippen LogP contribution in [0.4, 0.5) is 0 Å². The monoisotopic (exact) mass is 407 g/mol. The predicted octanol–water partition coefficient (Wildman–Crippen LogP) is 1.43. The van der Waals surface area contributed by atoms with E-state index in [4.69, 9.17) is 14.9 Å². The number of hydrogen-bond acceptors (Lipinski definition) is 6. The van der Waals surface area contributed by atoms with Gasteiger partial charge in [-0.1, -0.05) is 35.6 Å². The third-order valence-corrected chi connectivity index (χ3v) is 6.24. The lowest BCUT2D eigenvalue weighted by Gasteiger charge is -2.44. The second kappa shape index (κ2) is 6.31. The molecular formula is C21H17N3O4S. The van der Waals surface area contributed by atoms with E-state index in [9.17, 15) is 9.59 Å². The molecule has 0 spiro atoms. The number of thiazole rings is 1. The number of allylic oxidation sites excluding steroid dienone is 1. The molecule has 2 aliphatic heterocycles. The molecule has 0 saturated carbocycles. The van der Waals surface area contributed by atoms with Crippen LogP contribution in [-0.2, 0) is 4.79 Å². The van der Waals surface area contributed by atoms with Crippen LogP contribution >= 0.6 is 11.3 Å². The molecule has 8 heteroatoms. The molecule has 2 bridgehead atoms. The first kappa shape index (κ1) is 17.7. The molecule has 0 aliphatic carbocycles. The Labute approximate surface area is 169 Å². The molecule has 7 nitrogen and oxygen atoms in total. The molecule has 29 heavy (non-hydrogen) atoms. The predicted molar refractivity (Wildman–Crippen MR) is 108 cm³/mol. The highest BCUT2D eigenvalue weighted by Crippen LogP contribution is 2.46. The van der Waals surface area contributed by atoms with Crippen LogP contribution in [0.3, 0.4) is 0 Å². The molecule has 0 fully saturated rings. The number of nitrogens with two attached hydrogens (primary N) is 1. The minimum atomic E-state index is -1.16. The average Bonchev–Trinajstić information content (AvgIpc) is 3.29. The van der Waals surface area contributed by atoms with E-state index in [1.165, 1.54) is 11.3 Å². The van der Waals surface area contributed by atoms with Crippen molar-refractivity contribution in [2.24, 2.45) is 16.6 Å². The van der Waals surface area contributed by atoms with Gasteiger partial charge in [0.25, 0.3) is 5.56 Å². The number of aromatic nitrogens is 1. The number of furan rings is 1. The van der Waals surface area contributed by atoms with Gasteiger partial charge in [0.2, 0.25) is 11.6 Å². The van der Waals surface area contributed by atoms with Gasteiger partial charge in [-0.25, -0.2) is 4.99 Å². The molecule has 5 rings (SSSR count). The van der Waals surface area contributed by atoms with Crippen molar-refractivity contribution in [3.8, 4) is 5.75 Å². The summed E-state index contributed by atoms with van der Waals surface area (Å²) in [4.78, 5) is 30.7. The Morgan fingerprint density at radius 3 is 2.90 bits per heavy atom. The van der Waals surface area contributed by atoms with Gasteiger partial charge in [0.15, 0.2) is 4.80 Å². The lowest BCUT2D eigenvalue weighted by atomic mass is 9.81. The summed E-state index contributed by atoms with van der Waals surface area (Å²) >= 11 is 1.26. The summed E-state index contributed by atoms with van der Waals surface area (Å²) in [5, 5.41) is 0. The van der Waals surface area contributed by atoms with Crippen LogP contribution in [0.25, 0.3) is 12.2 Å². The van der Waals surface area contributed by atoms with Crippen LogP contribution in [0.15, 0.2) is 62.9 Å². The summed E-state index contributed by atoms with van der Waals surface area (Å²) in [6.45, 7) is 1.74. The highest BCUT2D eigenvalue weighted by atomic mass is 32.1. The molecule has 0 saturated heterocycles. The topological polar surface area (TPSA) is 99.8 Å². The first-order valence-electron chi connectivity index (χ1n) is 9.08. The number of benzene rings is 1. The molecule has 1 aromatic carbocycles. The zero-order valence-electron chi connectivity index (χ0n) is 15.4. The fourth-order valence-electron chi connectivity index (χ4n) is 4.01. The van der Waals surface area contributed by atoms with Crippen LogP contribution in [0, 0.1) is 5.92 Å². The van der Waals surface area contributed by atoms with Crippen LogP contribution in [-0.4, -0.2) is 16.2 Å². The Morgan fingerprint density at radius 2 is 2.14 bits per heavy atom. The van der Waals surface area contributed by atoms with Gasteiger partial charge in [-0.05, 0) is 37.3 Å². The largest absolute Gasteiger partial charge is 0.465 e. The van der Waals surface area contributed by atoms with E-state index in [0.29, 0.717) is 20.8 Å². The molecule has 2 aliphatic rings. The fourth-order valence-corrected chi connectivity index (χ4v) is 5.06. The van der Waals surface area contributed by atoms with Crippen molar-refractivity contribution in [2.75, 3.05) is 0 Å². The second-order valence-electron chi connectivity index (χ2n) is 7.10. The van der Waals surface area contributed by atoms with Crippen molar-refractivity contribution in [2.45, 2.75) is 18.7 Å². The minimum absolute atomic E-state index is 0.215. The summed E-state index contributed by atoms with van der Waals surface area (Å²) in [5.41, 5.74) is 5.10. The molecular weight excluding hydrogens is 390 g/mol. The van der Waals surface area contributed by atoms with Crippen LogP contribution in [0.5, 0.6) is 5.75 Å². The molecule has 3 atom stereocenters. The van der Waals surface area contributed by atoms with Crippen molar-refractivity contribution in [1.82, 2.24) is 4.57 Å². The number of ether oxygens (including phenoxy) is 1. The SMILES string of the molecule is C[C@@]12N=c3s/c(=C\C=C\c4ccco4)c(=O)n3[C@@H](c3ccccc3O1)[C@@H]2C(N)=O. The number of hydrogen-bond donors (Lipinski definition) is 1. The second-order valence-corrected chi connectivity index (χ2v) is 8.11. The van der Waals surface area contributed by atoms with Gasteiger partial charge in [0.05, 0.1) is 16.8 Å². The molecule has 3 aromatic rings. The Bertz CT molecular complexity index is 1320. The van der Waals surface area contributed by atoms with E-state index in [-0.39, 0.29) is 5.56 Å². The number of para-hydroxylation sites is 1. The van der Waals surface area contributed by atoms with E-state index in [1.54, 1.807) is 42.0 Å². The summed E-state index contributed by atoms with van der Waals surface area (Å²) in [6.07, 6.45) is 6.82. The summed E-state index contributed by atoms with van der Waals surface area (Å²) in [7, 11) is 0. The normalized spacial score (nSPS) is 25.2. The van der Waals surface area contributed by atoms with Crippen molar-refractivity contribution >= 4 is 29.4 Å². The Balaban J connectivity index is 1.72. The highest BCUT2D eigenvalue weighted by molar-refractivity contribution is 7.07. The smallest absolute Gasteiger partial charge is 0.270 e. The Hall–Kier alpha value is -3.39. The number of carbonyl (C=O) groups is 1. The minimum Gasteiger partial charge on any atom is -0.465 e. The van der Waals surface area contributed by atoms with E-state index >= 15 is 0 Å². The van der Waals surface area contributed by atoms with Crippen molar-refractivity contribution in [3.63, 3.8) is 0 Å². The molecule has 1 amide bonds. The summed E-state index contributed by atoms with van der Waals surface area (Å²) in [5.74, 6) is -0.0495. The van der Waals surface area contributed by atoms with E-state index in [0.717, 1.165) is 5.56 Å². The molecule has 0 radical (unpaired) electrons. The first-order chi connectivity index (χ1) is 14.0. The van der Waals surface area contributed by atoms with Gasteiger partial charge in [-0.2, -0.15) is 0 Å². The van der Waals surface area contributed by atoms with E-state index in [2.05, 4.69) is 4.99 Å². The quantitative estimate of drug-likeness (QED) is 0.710. The molecule has 4 heterocycles. The fraction of sp³-hybridized carbons (Fsp3) is 0.190. The molecule has 0 unspecified atom stereocenters. The number of amides is 1. The lowest BCUT2D eigenvalue weighted by molar-refractivity contribution is -0.133. The van der Waals surface area contributed by atoms with Crippen LogP contribution in [0.2, 0.25) is 0 Å². The zero-order chi connectivity index (χ0) is 20.2. The van der Waals surface area contributed by atoms with E-state index < -0.39 is 23.6 Å². The number of fused-ring (bicyclic) bond motifs is 6. The van der Waals surface area contributed by atoms with Gasteiger partial charge in [0.1, 0.15) is 17.4 Å². The number of carbonyl (C=O) groups excluding carboxylic acids is 1. The third kappa shape index (κ3) is 2.67. The molecule has 146 valence electrons. The number of primary amides is 1. The highest BCUT2D eigenvalue weighted by Gasteiger charge is 2.54. The van der Waals surface area contributed by atoms with Crippen molar-refractivity contribution in [3.05, 3.63) is 79.7 Å². The van der Waals surface area contributed by atoms with Crippen molar-refractivity contribution < 1.29 is 13.9 Å². The maximum absolute atomic E-state index is 13.2. The van der Waals surface area contributed by atoms with Crippen LogP contribution < -0.4 is 25.4 Å². The Morgan fingerprint density at radius 1 is 1.31 bits per heavy atom. The van der Waals surface area contributed by atoms with Gasteiger partial charge in [-0.15, -0.1) is 0 Å². The maximum Gasteiger partial charge on any atom is 0.270 e. The summed E-state index contributed by atoms with van der Waals surface area (Å²) < 4.78 is 13.4. The van der Waals surface area contributed by atoms with Crippen LogP contribution in [0.1, 0.15) is 24.3 Å². The van der Waals surface area contributed by atoms with Gasteiger partial charge in [0, 0.05) is 5.56 Å². The summed E-state index contributed by atoms with van der Waals surface area (Å²) in [6, 6.07) is 10.4. The number of nitrogens with zero attached hydrogens (tertiary/aromatic N) is 2. The zero-order valence-corrected chi connectivity index (χ0v) is 16.3. The molecule has 2 aromatic heterocycles. The lowest BCUT2D eigenvalue weighted by Crippen LogP contribution is -2.59.